The van der Waals surface area contributed by atoms with Gasteiger partial charge in [-0.25, -0.2) is 0 Å². The quantitative estimate of drug-likeness (QED) is 0.656. The zero-order valence-electron chi connectivity index (χ0n) is 10.4. The molecule has 0 saturated carbocycles. The maximum absolute atomic E-state index is 3.82. The van der Waals surface area contributed by atoms with Gasteiger partial charge in [-0.3, -0.25) is 0 Å². The van der Waals surface area contributed by atoms with Crippen LogP contribution in [0.2, 0.25) is 0 Å². The van der Waals surface area contributed by atoms with Gasteiger partial charge in [0.15, 0.2) is 0 Å². The second-order valence-electron chi connectivity index (χ2n) is 4.38. The maximum atomic E-state index is 3.82. The smallest absolute Gasteiger partial charge is 0.0361 e. The van der Waals surface area contributed by atoms with Crippen molar-refractivity contribution in [3.8, 4) is 0 Å². The van der Waals surface area contributed by atoms with E-state index in [0.717, 1.165) is 6.42 Å². The predicted octanol–water partition coefficient (Wildman–Crippen LogP) is 2.25. The lowest BCUT2D eigenvalue weighted by atomic mass is 9.87. The zero-order valence-corrected chi connectivity index (χ0v) is 11.2. The van der Waals surface area contributed by atoms with Crippen molar-refractivity contribution in [2.75, 3.05) is 28.2 Å². The number of halogens is 1. The molecule has 0 aromatic rings. The highest BCUT2D eigenvalue weighted by atomic mass is 35.5. The zero-order chi connectivity index (χ0) is 10.6. The minimum absolute atomic E-state index is 0. The molecule has 2 nitrogen and oxygen atoms in total. The van der Waals surface area contributed by atoms with Gasteiger partial charge in [-0.15, -0.1) is 19.0 Å². The maximum Gasteiger partial charge on any atom is 0.0361 e. The minimum atomic E-state index is 0. The summed E-state index contributed by atoms with van der Waals surface area (Å²) in [6.07, 6.45) is 3.01. The van der Waals surface area contributed by atoms with Gasteiger partial charge in [-0.2, -0.15) is 0 Å². The van der Waals surface area contributed by atoms with Crippen LogP contribution in [0, 0.1) is 0 Å². The Balaban J connectivity index is 0. The topological polar surface area (TPSA) is 6.48 Å². The van der Waals surface area contributed by atoms with E-state index in [4.69, 9.17) is 0 Å². The highest BCUT2D eigenvalue weighted by molar-refractivity contribution is 5.85. The summed E-state index contributed by atoms with van der Waals surface area (Å²) in [5.74, 6) is 0. The molecule has 0 aliphatic rings. The van der Waals surface area contributed by atoms with Crippen molar-refractivity contribution >= 4 is 12.4 Å². The fraction of sp³-hybridized carbons (Fsp3) is 0.818. The van der Waals surface area contributed by atoms with Crippen LogP contribution in [0.15, 0.2) is 12.7 Å². The van der Waals surface area contributed by atoms with Gasteiger partial charge in [0, 0.05) is 11.6 Å². The molecule has 0 aliphatic carbocycles. The Kier molecular flexibility index (Phi) is 7.53. The monoisotopic (exact) mass is 220 g/mol. The number of likely N-dealkylation sites (N-methyl/N-ethyl adjacent to an activating group) is 2. The molecule has 2 atom stereocenters. The molecule has 2 unspecified atom stereocenters. The van der Waals surface area contributed by atoms with Crippen molar-refractivity contribution < 1.29 is 0 Å². The molecule has 3 heteroatoms. The molecule has 0 rings (SSSR count). The molecule has 14 heavy (non-hydrogen) atoms. The first-order valence-electron chi connectivity index (χ1n) is 4.81. The minimum Gasteiger partial charge on any atom is -0.305 e. The average Bonchev–Trinajstić information content (AvgIpc) is 2.02. The second kappa shape index (κ2) is 6.44. The first-order chi connectivity index (χ1) is 5.86. The van der Waals surface area contributed by atoms with E-state index in [9.17, 15) is 0 Å². The van der Waals surface area contributed by atoms with E-state index in [2.05, 4.69) is 58.4 Å². The third kappa shape index (κ3) is 3.60. The summed E-state index contributed by atoms with van der Waals surface area (Å²) in [5, 5.41) is 0. The average molecular weight is 221 g/mol. The first-order valence-corrected chi connectivity index (χ1v) is 4.81. The molecule has 0 aromatic carbocycles. The van der Waals surface area contributed by atoms with Gasteiger partial charge in [-0.1, -0.05) is 6.08 Å². The van der Waals surface area contributed by atoms with Gasteiger partial charge < -0.3 is 9.80 Å². The van der Waals surface area contributed by atoms with Crippen LogP contribution in [0.1, 0.15) is 20.3 Å². The van der Waals surface area contributed by atoms with Crippen molar-refractivity contribution in [3.05, 3.63) is 12.7 Å². The lowest BCUT2D eigenvalue weighted by Gasteiger charge is -2.44. The van der Waals surface area contributed by atoms with Crippen molar-refractivity contribution in [1.82, 2.24) is 9.80 Å². The van der Waals surface area contributed by atoms with Gasteiger partial charge in [0.1, 0.15) is 0 Å². The molecule has 0 fully saturated rings. The Bertz CT molecular complexity index is 169. The summed E-state index contributed by atoms with van der Waals surface area (Å²) in [5.41, 5.74) is 0.172. The van der Waals surface area contributed by atoms with Crippen molar-refractivity contribution in [1.29, 1.82) is 0 Å². The van der Waals surface area contributed by atoms with E-state index in [-0.39, 0.29) is 17.9 Å². The summed E-state index contributed by atoms with van der Waals surface area (Å²) in [4.78, 5) is 4.53. The van der Waals surface area contributed by atoms with E-state index in [1.165, 1.54) is 0 Å². The molecule has 86 valence electrons. The Morgan fingerprint density at radius 2 is 1.71 bits per heavy atom. The Morgan fingerprint density at radius 1 is 1.29 bits per heavy atom. The summed E-state index contributed by atoms with van der Waals surface area (Å²) >= 11 is 0. The molecule has 0 radical (unpaired) electrons. The molecule has 0 aromatic heterocycles. The standard InChI is InChI=1S/C11H24N2.ClH/c1-8-9-11(3,13(6)7)10(2)12(4)5;/h8,10H,1,9H2,2-7H3;1H. The van der Waals surface area contributed by atoms with Gasteiger partial charge in [0.25, 0.3) is 0 Å². The summed E-state index contributed by atoms with van der Waals surface area (Å²) in [7, 11) is 8.50. The summed E-state index contributed by atoms with van der Waals surface area (Å²) in [6.45, 7) is 8.36. The van der Waals surface area contributed by atoms with Crippen LogP contribution in [-0.2, 0) is 0 Å². The van der Waals surface area contributed by atoms with Gasteiger partial charge in [-0.05, 0) is 48.5 Å². The fourth-order valence-corrected chi connectivity index (χ4v) is 1.58. The largest absolute Gasteiger partial charge is 0.305 e. The first kappa shape index (κ1) is 16.4. The van der Waals surface area contributed by atoms with Crippen molar-refractivity contribution in [3.63, 3.8) is 0 Å². The highest BCUT2D eigenvalue weighted by Gasteiger charge is 2.33. The highest BCUT2D eigenvalue weighted by Crippen LogP contribution is 2.24. The third-order valence-electron chi connectivity index (χ3n) is 3.25. The molecule has 0 N–H and O–H groups in total. The lowest BCUT2D eigenvalue weighted by Crippen LogP contribution is -2.54. The van der Waals surface area contributed by atoms with E-state index < -0.39 is 0 Å². The molecule has 0 saturated heterocycles. The number of hydrogen-bond donors (Lipinski definition) is 0. The SMILES string of the molecule is C=CCC(C)(C(C)N(C)C)N(C)C.Cl. The number of hydrogen-bond acceptors (Lipinski definition) is 2. The Labute approximate surface area is 95.4 Å². The van der Waals surface area contributed by atoms with Crippen molar-refractivity contribution in [2.24, 2.45) is 0 Å². The molecule has 0 spiro atoms. The lowest BCUT2D eigenvalue weighted by molar-refractivity contribution is 0.0757. The molecule has 0 heterocycles. The summed E-state index contributed by atoms with van der Waals surface area (Å²) in [6, 6.07) is 0.514. The summed E-state index contributed by atoms with van der Waals surface area (Å²) < 4.78 is 0. The number of nitrogens with zero attached hydrogens (tertiary/aromatic N) is 2. The van der Waals surface area contributed by atoms with E-state index in [1.807, 2.05) is 6.08 Å². The molecular weight excluding hydrogens is 196 g/mol. The van der Waals surface area contributed by atoms with Gasteiger partial charge >= 0.3 is 0 Å². The predicted molar refractivity (Wildman–Crippen MR) is 67.3 cm³/mol. The second-order valence-corrected chi connectivity index (χ2v) is 4.38. The molecular formula is C11H25ClN2. The Morgan fingerprint density at radius 3 is 1.93 bits per heavy atom. The van der Waals surface area contributed by atoms with Crippen LogP contribution in [0.4, 0.5) is 0 Å². The van der Waals surface area contributed by atoms with Gasteiger partial charge in [0.05, 0.1) is 0 Å². The van der Waals surface area contributed by atoms with Crippen LogP contribution in [0.3, 0.4) is 0 Å². The van der Waals surface area contributed by atoms with E-state index in [1.54, 1.807) is 0 Å². The van der Waals surface area contributed by atoms with Crippen LogP contribution in [0.25, 0.3) is 0 Å². The molecule has 0 amide bonds. The van der Waals surface area contributed by atoms with E-state index in [0.29, 0.717) is 6.04 Å². The van der Waals surface area contributed by atoms with Crippen molar-refractivity contribution in [2.45, 2.75) is 31.8 Å². The molecule has 0 bridgehead atoms. The third-order valence-corrected chi connectivity index (χ3v) is 3.25. The Hall–Kier alpha value is -0.0500. The number of rotatable bonds is 5. The van der Waals surface area contributed by atoms with Crippen LogP contribution in [0.5, 0.6) is 0 Å². The fourth-order valence-electron chi connectivity index (χ4n) is 1.58. The van der Waals surface area contributed by atoms with Gasteiger partial charge in [0.2, 0.25) is 0 Å². The van der Waals surface area contributed by atoms with Crippen LogP contribution >= 0.6 is 12.4 Å². The van der Waals surface area contributed by atoms with Crippen LogP contribution < -0.4 is 0 Å². The van der Waals surface area contributed by atoms with E-state index >= 15 is 0 Å². The van der Waals surface area contributed by atoms with Crippen LogP contribution in [-0.4, -0.2) is 49.6 Å². The normalized spacial score (nSPS) is 17.4. The molecule has 0 aliphatic heterocycles.